The zero-order chi connectivity index (χ0) is 11.8. The van der Waals surface area contributed by atoms with Crippen LogP contribution in [0.15, 0.2) is 29.3 Å². The first kappa shape index (κ1) is 9.98. The molecule has 0 saturated carbocycles. The Bertz CT molecular complexity index is 734. The lowest BCUT2D eigenvalue weighted by Gasteiger charge is -2.00. The van der Waals surface area contributed by atoms with Gasteiger partial charge in [-0.25, -0.2) is 9.97 Å². The van der Waals surface area contributed by atoms with Crippen LogP contribution in [0.25, 0.3) is 22.6 Å². The Morgan fingerprint density at radius 1 is 1.24 bits per heavy atom. The van der Waals surface area contributed by atoms with Crippen molar-refractivity contribution >= 4 is 22.5 Å². The van der Waals surface area contributed by atoms with Crippen LogP contribution in [0.3, 0.4) is 0 Å². The van der Waals surface area contributed by atoms with Gasteiger partial charge >= 0.3 is 0 Å². The molecule has 0 aliphatic carbocycles. The van der Waals surface area contributed by atoms with Crippen LogP contribution in [-0.4, -0.2) is 25.1 Å². The van der Waals surface area contributed by atoms with Gasteiger partial charge in [0.1, 0.15) is 6.33 Å². The van der Waals surface area contributed by atoms with Crippen LogP contribution >= 0.6 is 11.6 Å². The van der Waals surface area contributed by atoms with Crippen LogP contribution in [0, 0.1) is 0 Å². The summed E-state index contributed by atoms with van der Waals surface area (Å²) in [6.07, 6.45) is 1.34. The predicted molar refractivity (Wildman–Crippen MR) is 62.8 cm³/mol. The molecule has 0 atom stereocenters. The van der Waals surface area contributed by atoms with E-state index in [9.17, 15) is 4.79 Å². The van der Waals surface area contributed by atoms with Crippen molar-refractivity contribution < 1.29 is 0 Å². The summed E-state index contributed by atoms with van der Waals surface area (Å²) < 4.78 is 0. The fourth-order valence-corrected chi connectivity index (χ4v) is 1.71. The van der Waals surface area contributed by atoms with Crippen LogP contribution in [0.2, 0.25) is 5.02 Å². The quantitative estimate of drug-likeness (QED) is 0.680. The fraction of sp³-hybridized carbons (Fsp3) is 0. The minimum atomic E-state index is -0.238. The van der Waals surface area contributed by atoms with Crippen LogP contribution in [0.4, 0.5) is 0 Å². The maximum atomic E-state index is 11.8. The minimum absolute atomic E-state index is 0.238. The molecule has 3 rings (SSSR count). The summed E-state index contributed by atoms with van der Waals surface area (Å²) >= 11 is 5.86. The van der Waals surface area contributed by atoms with E-state index in [4.69, 9.17) is 11.6 Å². The van der Waals surface area contributed by atoms with Crippen molar-refractivity contribution in [3.8, 4) is 11.6 Å². The van der Waals surface area contributed by atoms with Gasteiger partial charge in [-0.3, -0.25) is 9.89 Å². The monoisotopic (exact) mass is 247 g/mol. The summed E-state index contributed by atoms with van der Waals surface area (Å²) in [5.41, 5.74) is 0.283. The number of hydrogen-bond acceptors (Lipinski definition) is 4. The van der Waals surface area contributed by atoms with Gasteiger partial charge in [-0.1, -0.05) is 11.6 Å². The average Bonchev–Trinajstić information content (AvgIpc) is 2.81. The Morgan fingerprint density at radius 2 is 2.12 bits per heavy atom. The maximum Gasteiger partial charge on any atom is 0.259 e. The van der Waals surface area contributed by atoms with Crippen molar-refractivity contribution in [1.29, 1.82) is 0 Å². The molecular formula is C10H6ClN5O. The number of H-pyrrole nitrogens is 2. The number of nitrogens with one attached hydrogen (secondary N) is 2. The van der Waals surface area contributed by atoms with E-state index < -0.39 is 0 Å². The highest BCUT2D eigenvalue weighted by Gasteiger charge is 2.07. The van der Waals surface area contributed by atoms with Gasteiger partial charge in [0, 0.05) is 5.02 Å². The number of aromatic nitrogens is 5. The second-order valence-corrected chi connectivity index (χ2v) is 3.85. The molecule has 1 aromatic carbocycles. The Kier molecular flexibility index (Phi) is 2.15. The summed E-state index contributed by atoms with van der Waals surface area (Å²) in [4.78, 5) is 22.6. The summed E-state index contributed by atoms with van der Waals surface area (Å²) in [7, 11) is 0. The van der Waals surface area contributed by atoms with Gasteiger partial charge < -0.3 is 4.98 Å². The first-order valence-electron chi connectivity index (χ1n) is 4.79. The first-order chi connectivity index (χ1) is 8.24. The fourth-order valence-electron chi connectivity index (χ4n) is 1.54. The molecule has 0 unspecified atom stereocenters. The highest BCUT2D eigenvalue weighted by atomic mass is 35.5. The van der Waals surface area contributed by atoms with Crippen molar-refractivity contribution in [3.05, 3.63) is 39.9 Å². The standard InChI is InChI=1S/C10H6ClN5O/c11-5-1-2-6-7(3-5)14-9(15-10(6)17)8-12-4-13-16-8/h1-4H,(H,12,13,16)(H,14,15,17). The third-order valence-corrected chi connectivity index (χ3v) is 2.54. The molecule has 2 heterocycles. The Labute approximate surface area is 99.7 Å². The van der Waals surface area contributed by atoms with Gasteiger partial charge in [0.25, 0.3) is 5.56 Å². The SMILES string of the molecule is O=c1[nH]c(-c2ncn[nH]2)nc2cc(Cl)ccc12. The molecule has 0 aliphatic heterocycles. The van der Waals surface area contributed by atoms with Crippen LogP contribution in [0.5, 0.6) is 0 Å². The lowest BCUT2D eigenvalue weighted by atomic mass is 10.2. The Hall–Kier alpha value is -2.21. The number of rotatable bonds is 1. The van der Waals surface area contributed by atoms with Gasteiger partial charge in [0.05, 0.1) is 10.9 Å². The highest BCUT2D eigenvalue weighted by Crippen LogP contribution is 2.16. The second-order valence-electron chi connectivity index (χ2n) is 3.41. The third-order valence-electron chi connectivity index (χ3n) is 2.31. The van der Waals surface area contributed by atoms with E-state index in [-0.39, 0.29) is 5.56 Å². The number of hydrogen-bond donors (Lipinski definition) is 2. The van der Waals surface area contributed by atoms with E-state index in [0.29, 0.717) is 27.6 Å². The van der Waals surface area contributed by atoms with E-state index in [1.54, 1.807) is 18.2 Å². The van der Waals surface area contributed by atoms with Gasteiger partial charge in [-0.15, -0.1) is 0 Å². The van der Waals surface area contributed by atoms with Crippen LogP contribution < -0.4 is 5.56 Å². The molecule has 0 bridgehead atoms. The van der Waals surface area contributed by atoms with Crippen LogP contribution in [0.1, 0.15) is 0 Å². The summed E-state index contributed by atoms with van der Waals surface area (Å²) in [6, 6.07) is 4.91. The molecule has 2 aromatic heterocycles. The Balaban J connectivity index is 2.33. The molecular weight excluding hydrogens is 242 g/mol. The molecule has 0 aliphatic rings. The van der Waals surface area contributed by atoms with Crippen molar-refractivity contribution in [2.75, 3.05) is 0 Å². The summed E-state index contributed by atoms with van der Waals surface area (Å²) in [5.74, 6) is 0.742. The van der Waals surface area contributed by atoms with Gasteiger partial charge in [0.15, 0.2) is 11.6 Å². The van der Waals surface area contributed by atoms with E-state index in [0.717, 1.165) is 0 Å². The zero-order valence-corrected chi connectivity index (χ0v) is 9.19. The van der Waals surface area contributed by atoms with Crippen molar-refractivity contribution in [3.63, 3.8) is 0 Å². The van der Waals surface area contributed by atoms with Gasteiger partial charge in [0.2, 0.25) is 0 Å². The second kappa shape index (κ2) is 3.67. The minimum Gasteiger partial charge on any atom is -0.303 e. The lowest BCUT2D eigenvalue weighted by molar-refractivity contribution is 1.06. The van der Waals surface area contributed by atoms with Gasteiger partial charge in [-0.05, 0) is 18.2 Å². The number of aromatic amines is 2. The number of fused-ring (bicyclic) bond motifs is 1. The van der Waals surface area contributed by atoms with Crippen molar-refractivity contribution in [2.24, 2.45) is 0 Å². The topological polar surface area (TPSA) is 87.3 Å². The van der Waals surface area contributed by atoms with E-state index in [2.05, 4.69) is 25.1 Å². The van der Waals surface area contributed by atoms with Crippen molar-refractivity contribution in [1.82, 2.24) is 25.1 Å². The smallest absolute Gasteiger partial charge is 0.259 e. The molecule has 0 radical (unpaired) electrons. The molecule has 2 N–H and O–H groups in total. The molecule has 6 nitrogen and oxygen atoms in total. The molecule has 0 fully saturated rings. The van der Waals surface area contributed by atoms with E-state index >= 15 is 0 Å². The molecule has 84 valence electrons. The maximum absolute atomic E-state index is 11.8. The van der Waals surface area contributed by atoms with Crippen molar-refractivity contribution in [2.45, 2.75) is 0 Å². The van der Waals surface area contributed by atoms with Gasteiger partial charge in [-0.2, -0.15) is 5.10 Å². The molecule has 0 spiro atoms. The molecule has 17 heavy (non-hydrogen) atoms. The molecule has 0 saturated heterocycles. The largest absolute Gasteiger partial charge is 0.303 e. The first-order valence-corrected chi connectivity index (χ1v) is 5.17. The average molecular weight is 248 g/mol. The normalized spacial score (nSPS) is 10.9. The predicted octanol–water partition coefficient (Wildman–Crippen LogP) is 1.36. The lowest BCUT2D eigenvalue weighted by Crippen LogP contribution is -2.09. The summed E-state index contributed by atoms with van der Waals surface area (Å²) in [6.45, 7) is 0. The van der Waals surface area contributed by atoms with Crippen LogP contribution in [-0.2, 0) is 0 Å². The zero-order valence-electron chi connectivity index (χ0n) is 8.44. The molecule has 7 heteroatoms. The number of nitrogens with zero attached hydrogens (tertiary/aromatic N) is 3. The Morgan fingerprint density at radius 3 is 2.88 bits per heavy atom. The third kappa shape index (κ3) is 1.68. The highest BCUT2D eigenvalue weighted by molar-refractivity contribution is 6.31. The summed E-state index contributed by atoms with van der Waals surface area (Å²) in [5, 5.41) is 7.35. The number of halogens is 1. The van der Waals surface area contributed by atoms with E-state index in [1.807, 2.05) is 0 Å². The van der Waals surface area contributed by atoms with E-state index in [1.165, 1.54) is 6.33 Å². The molecule has 3 aromatic rings. The molecule has 0 amide bonds. The number of benzene rings is 1.